The topological polar surface area (TPSA) is 24.9 Å². The Balaban J connectivity index is 2.19. The average molecular weight is 305 g/mol. The van der Waals surface area contributed by atoms with Crippen LogP contribution >= 0.6 is 15.9 Å². The van der Waals surface area contributed by atoms with Gasteiger partial charge in [0.2, 0.25) is 0 Å². The summed E-state index contributed by atoms with van der Waals surface area (Å²) in [4.78, 5) is 4.24. The third-order valence-electron chi connectivity index (χ3n) is 2.87. The van der Waals surface area contributed by atoms with Crippen LogP contribution in [-0.2, 0) is 0 Å². The molecule has 0 aliphatic heterocycles. The second-order valence-electron chi connectivity index (χ2n) is 4.24. The lowest BCUT2D eigenvalue weighted by atomic mass is 10.0. The number of nitrogens with one attached hydrogen (secondary N) is 1. The van der Waals surface area contributed by atoms with Crippen molar-refractivity contribution < 1.29 is 0 Å². The quantitative estimate of drug-likeness (QED) is 0.803. The Bertz CT molecular complexity index is 485. The van der Waals surface area contributed by atoms with Crippen LogP contribution in [-0.4, -0.2) is 4.98 Å². The van der Waals surface area contributed by atoms with Gasteiger partial charge < -0.3 is 5.32 Å². The minimum atomic E-state index is 0.330. The molecule has 18 heavy (non-hydrogen) atoms. The molecule has 0 aliphatic carbocycles. The summed E-state index contributed by atoms with van der Waals surface area (Å²) in [5, 5.41) is 3.56. The van der Waals surface area contributed by atoms with E-state index >= 15 is 0 Å². The molecule has 1 aromatic carbocycles. The van der Waals surface area contributed by atoms with Crippen LogP contribution in [0, 0.1) is 0 Å². The maximum atomic E-state index is 4.24. The Hall–Kier alpha value is -1.35. The Morgan fingerprint density at radius 2 is 1.94 bits per heavy atom. The van der Waals surface area contributed by atoms with Gasteiger partial charge in [0.25, 0.3) is 0 Å². The van der Waals surface area contributed by atoms with E-state index in [1.807, 2.05) is 18.2 Å². The molecule has 94 valence electrons. The monoisotopic (exact) mass is 304 g/mol. The fourth-order valence-electron chi connectivity index (χ4n) is 1.98. The largest absolute Gasteiger partial charge is 0.376 e. The summed E-state index contributed by atoms with van der Waals surface area (Å²) in [7, 11) is 0. The van der Waals surface area contributed by atoms with E-state index in [-0.39, 0.29) is 0 Å². The normalized spacial score (nSPS) is 12.1. The highest BCUT2D eigenvalue weighted by atomic mass is 79.9. The van der Waals surface area contributed by atoms with E-state index in [0.717, 1.165) is 23.1 Å². The average Bonchev–Trinajstić information content (AvgIpc) is 2.42. The Kier molecular flexibility index (Phi) is 4.76. The van der Waals surface area contributed by atoms with E-state index in [9.17, 15) is 0 Å². The van der Waals surface area contributed by atoms with Gasteiger partial charge in [-0.2, -0.15) is 0 Å². The van der Waals surface area contributed by atoms with Gasteiger partial charge in [0.05, 0.1) is 11.7 Å². The van der Waals surface area contributed by atoms with Crippen molar-refractivity contribution in [1.29, 1.82) is 0 Å². The molecule has 0 saturated heterocycles. The van der Waals surface area contributed by atoms with Crippen molar-refractivity contribution in [2.45, 2.75) is 25.8 Å². The molecular weight excluding hydrogens is 288 g/mol. The van der Waals surface area contributed by atoms with Gasteiger partial charge in [0.15, 0.2) is 0 Å². The van der Waals surface area contributed by atoms with Gasteiger partial charge in [0, 0.05) is 6.20 Å². The predicted octanol–water partition coefficient (Wildman–Crippen LogP) is 4.80. The third kappa shape index (κ3) is 3.33. The highest BCUT2D eigenvalue weighted by Gasteiger charge is 2.11. The maximum absolute atomic E-state index is 4.24. The molecule has 0 fully saturated rings. The third-order valence-corrected chi connectivity index (χ3v) is 3.50. The van der Waals surface area contributed by atoms with Gasteiger partial charge in [0.1, 0.15) is 4.60 Å². The fourth-order valence-corrected chi connectivity index (χ4v) is 2.34. The molecular formula is C15H17BrN2. The summed E-state index contributed by atoms with van der Waals surface area (Å²) >= 11 is 3.47. The van der Waals surface area contributed by atoms with Crippen LogP contribution in [0.2, 0.25) is 0 Å². The Morgan fingerprint density at radius 1 is 1.17 bits per heavy atom. The summed E-state index contributed by atoms with van der Waals surface area (Å²) in [6, 6.07) is 14.9. The SMILES string of the molecule is CCCC(Nc1cccnc1Br)c1ccccc1. The molecule has 3 heteroatoms. The van der Waals surface area contributed by atoms with Crippen molar-refractivity contribution in [1.82, 2.24) is 4.98 Å². The Labute approximate surface area is 117 Å². The molecule has 0 aliphatic rings. The standard InChI is InChI=1S/C15H17BrN2/c1-2-7-13(12-8-4-3-5-9-12)18-14-10-6-11-17-15(14)16/h3-6,8-11,13,18H,2,7H2,1H3. The molecule has 2 rings (SSSR count). The zero-order valence-electron chi connectivity index (χ0n) is 10.4. The first-order valence-electron chi connectivity index (χ1n) is 6.23. The van der Waals surface area contributed by atoms with E-state index in [4.69, 9.17) is 0 Å². The number of anilines is 1. The van der Waals surface area contributed by atoms with E-state index in [0.29, 0.717) is 6.04 Å². The van der Waals surface area contributed by atoms with Crippen LogP contribution in [0.1, 0.15) is 31.4 Å². The molecule has 1 unspecified atom stereocenters. The Morgan fingerprint density at radius 3 is 2.61 bits per heavy atom. The van der Waals surface area contributed by atoms with Crippen molar-refractivity contribution >= 4 is 21.6 Å². The van der Waals surface area contributed by atoms with Crippen LogP contribution in [0.15, 0.2) is 53.3 Å². The second kappa shape index (κ2) is 6.55. The molecule has 0 amide bonds. The van der Waals surface area contributed by atoms with E-state index in [1.54, 1.807) is 6.20 Å². The highest BCUT2D eigenvalue weighted by Crippen LogP contribution is 2.27. The van der Waals surface area contributed by atoms with Gasteiger partial charge in [-0.25, -0.2) is 4.98 Å². The lowest BCUT2D eigenvalue weighted by molar-refractivity contribution is 0.677. The molecule has 0 bridgehead atoms. The number of rotatable bonds is 5. The number of benzene rings is 1. The lowest BCUT2D eigenvalue weighted by Crippen LogP contribution is -2.11. The van der Waals surface area contributed by atoms with Crippen molar-refractivity contribution in [2.24, 2.45) is 0 Å². The summed E-state index contributed by atoms with van der Waals surface area (Å²) in [5.41, 5.74) is 2.36. The van der Waals surface area contributed by atoms with Crippen LogP contribution in [0.5, 0.6) is 0 Å². The minimum Gasteiger partial charge on any atom is -0.376 e. The van der Waals surface area contributed by atoms with Crippen molar-refractivity contribution in [2.75, 3.05) is 5.32 Å². The summed E-state index contributed by atoms with van der Waals surface area (Å²) in [6.07, 6.45) is 4.03. The molecule has 2 nitrogen and oxygen atoms in total. The molecule has 0 spiro atoms. The molecule has 1 heterocycles. The number of nitrogens with zero attached hydrogens (tertiary/aromatic N) is 1. The molecule has 1 N–H and O–H groups in total. The molecule has 2 aromatic rings. The molecule has 0 radical (unpaired) electrons. The number of halogens is 1. The van der Waals surface area contributed by atoms with Crippen molar-refractivity contribution in [3.8, 4) is 0 Å². The summed E-state index contributed by atoms with van der Waals surface area (Å²) in [6.45, 7) is 2.20. The molecule has 1 atom stereocenters. The zero-order chi connectivity index (χ0) is 12.8. The number of pyridine rings is 1. The predicted molar refractivity (Wildman–Crippen MR) is 79.7 cm³/mol. The van der Waals surface area contributed by atoms with E-state index in [1.165, 1.54) is 5.56 Å². The first-order valence-corrected chi connectivity index (χ1v) is 7.02. The highest BCUT2D eigenvalue weighted by molar-refractivity contribution is 9.10. The van der Waals surface area contributed by atoms with Gasteiger partial charge in [-0.1, -0.05) is 43.7 Å². The first kappa shape index (κ1) is 13.1. The number of hydrogen-bond acceptors (Lipinski definition) is 2. The van der Waals surface area contributed by atoms with Crippen LogP contribution < -0.4 is 5.32 Å². The van der Waals surface area contributed by atoms with E-state index in [2.05, 4.69) is 57.4 Å². The van der Waals surface area contributed by atoms with E-state index < -0.39 is 0 Å². The fraction of sp³-hybridized carbons (Fsp3) is 0.267. The molecule has 1 aromatic heterocycles. The van der Waals surface area contributed by atoms with Crippen LogP contribution in [0.3, 0.4) is 0 Å². The van der Waals surface area contributed by atoms with Crippen molar-refractivity contribution in [3.05, 3.63) is 58.8 Å². The van der Waals surface area contributed by atoms with Crippen LogP contribution in [0.4, 0.5) is 5.69 Å². The minimum absolute atomic E-state index is 0.330. The van der Waals surface area contributed by atoms with Gasteiger partial charge >= 0.3 is 0 Å². The number of aromatic nitrogens is 1. The van der Waals surface area contributed by atoms with Crippen LogP contribution in [0.25, 0.3) is 0 Å². The second-order valence-corrected chi connectivity index (χ2v) is 4.99. The van der Waals surface area contributed by atoms with Gasteiger partial charge in [-0.3, -0.25) is 0 Å². The van der Waals surface area contributed by atoms with Gasteiger partial charge in [-0.15, -0.1) is 0 Å². The summed E-state index contributed by atoms with van der Waals surface area (Å²) < 4.78 is 0.863. The summed E-state index contributed by atoms with van der Waals surface area (Å²) in [5.74, 6) is 0. The smallest absolute Gasteiger partial charge is 0.129 e. The number of hydrogen-bond donors (Lipinski definition) is 1. The molecule has 0 saturated carbocycles. The first-order chi connectivity index (χ1) is 8.81. The maximum Gasteiger partial charge on any atom is 0.129 e. The van der Waals surface area contributed by atoms with Crippen molar-refractivity contribution in [3.63, 3.8) is 0 Å². The zero-order valence-corrected chi connectivity index (χ0v) is 12.0. The van der Waals surface area contributed by atoms with Gasteiger partial charge in [-0.05, 0) is 40.0 Å². The lowest BCUT2D eigenvalue weighted by Gasteiger charge is -2.20.